The van der Waals surface area contributed by atoms with Crippen molar-refractivity contribution in [1.82, 2.24) is 10.2 Å². The Labute approximate surface area is 254 Å². The van der Waals surface area contributed by atoms with Crippen LogP contribution in [0, 0.1) is 31.1 Å². The summed E-state index contributed by atoms with van der Waals surface area (Å²) in [6.45, 7) is 6.57. The smallest absolute Gasteiger partial charge is 0.309 e. The molecule has 4 bridgehead atoms. The number of phenolic OH excluding ortho intramolecular Hbond substituents is 2. The number of esters is 2. The lowest BCUT2D eigenvalue weighted by Gasteiger charge is -2.59. The molecule has 0 radical (unpaired) electrons. The van der Waals surface area contributed by atoms with E-state index in [1.165, 1.54) is 32.9 Å². The molecule has 43 heavy (non-hydrogen) atoms. The molecule has 12 heteroatoms. The minimum absolute atomic E-state index is 0.0377. The van der Waals surface area contributed by atoms with Crippen molar-refractivity contribution in [3.05, 3.63) is 39.4 Å². The number of carbonyl (C=O) groups excluding carboxylic acids is 2. The van der Waals surface area contributed by atoms with Crippen molar-refractivity contribution >= 4 is 23.7 Å². The zero-order valence-electron chi connectivity index (χ0n) is 24.9. The van der Waals surface area contributed by atoms with Crippen LogP contribution in [0.4, 0.5) is 0 Å². The summed E-state index contributed by atoms with van der Waals surface area (Å²) < 4.78 is 22.9. The van der Waals surface area contributed by atoms with Gasteiger partial charge in [-0.05, 0) is 31.4 Å². The largest absolute Gasteiger partial charge is 0.504 e. The average molecular weight is 610 g/mol. The zero-order valence-corrected chi connectivity index (χ0v) is 25.7. The van der Waals surface area contributed by atoms with Crippen molar-refractivity contribution in [2.45, 2.75) is 69.6 Å². The number of hydrogen-bond acceptors (Lipinski definition) is 12. The van der Waals surface area contributed by atoms with Gasteiger partial charge in [-0.2, -0.15) is 17.0 Å². The number of thioether (sulfide) groups is 1. The van der Waals surface area contributed by atoms with Crippen LogP contribution < -0.4 is 19.5 Å². The van der Waals surface area contributed by atoms with E-state index in [1.807, 2.05) is 17.9 Å². The molecule has 6 rings (SSSR count). The van der Waals surface area contributed by atoms with Crippen LogP contribution in [0.5, 0.6) is 28.7 Å². The number of nitriles is 1. The quantitative estimate of drug-likeness (QED) is 0.345. The van der Waals surface area contributed by atoms with Gasteiger partial charge in [0.25, 0.3) is 0 Å². The lowest BCUT2D eigenvalue weighted by molar-refractivity contribution is -0.151. The number of nitrogens with one attached hydrogen (secondary N) is 1. The third-order valence-electron chi connectivity index (χ3n) is 9.17. The van der Waals surface area contributed by atoms with Gasteiger partial charge in [-0.15, -0.1) is 0 Å². The second-order valence-electron chi connectivity index (χ2n) is 11.7. The fraction of sp³-hybridized carbons (Fsp3) is 0.516. The number of fused-ring (bicyclic) bond motifs is 7. The second kappa shape index (κ2) is 10.8. The monoisotopic (exact) mass is 609 g/mol. The lowest BCUT2D eigenvalue weighted by atomic mass is 9.72. The molecule has 11 nitrogen and oxygen atoms in total. The van der Waals surface area contributed by atoms with Gasteiger partial charge in [-0.3, -0.25) is 14.5 Å². The third-order valence-corrected chi connectivity index (χ3v) is 10.7. The molecule has 2 saturated heterocycles. The van der Waals surface area contributed by atoms with Gasteiger partial charge in [0.05, 0.1) is 43.5 Å². The Morgan fingerprint density at radius 3 is 2.49 bits per heavy atom. The Hall–Kier alpha value is -3.66. The SMILES string of the molecule is COc1c(C)cc2c(c1O)[C@H]1N[C@@H](C2)[C@H](C#N)N2[C@H]1[C@@H]1SC[C@H](C)C(=O)OC[C@H]2c2c(O)c(OC)c(C)c(OC(C)=O)c21. The standard InChI is InChI=1S/C31H35N3O8S/c1-12-7-16-8-17-18(9-32)34-19-10-41-31(38)13(2)11-43-30(24(34)23(33-17)20(16)25(36)27(12)39-5)22-21(19)26(37)29(40-6)14(3)28(22)42-15(4)35/h7,13,17-19,23-24,30,33,36-37H,8,10-11H2,1-6H3/t13-,17-,18-,19-,23+,24+,30+/m0/s1. The van der Waals surface area contributed by atoms with Gasteiger partial charge in [-0.1, -0.05) is 13.0 Å². The molecule has 4 aliphatic heterocycles. The summed E-state index contributed by atoms with van der Waals surface area (Å²) in [7, 11) is 2.94. The van der Waals surface area contributed by atoms with Gasteiger partial charge in [-0.25, -0.2) is 0 Å². The van der Waals surface area contributed by atoms with Crippen LogP contribution in [0.2, 0.25) is 0 Å². The highest BCUT2D eigenvalue weighted by atomic mass is 32.2. The fourth-order valence-electron chi connectivity index (χ4n) is 7.47. The van der Waals surface area contributed by atoms with Crippen LogP contribution in [0.25, 0.3) is 0 Å². The first kappa shape index (κ1) is 29.4. The van der Waals surface area contributed by atoms with Crippen molar-refractivity contribution in [3.63, 3.8) is 0 Å². The predicted molar refractivity (Wildman–Crippen MR) is 157 cm³/mol. The summed E-state index contributed by atoms with van der Waals surface area (Å²) in [5.74, 6) is -0.283. The molecule has 4 heterocycles. The Morgan fingerprint density at radius 1 is 1.14 bits per heavy atom. The van der Waals surface area contributed by atoms with Crippen LogP contribution in [-0.2, 0) is 20.7 Å². The van der Waals surface area contributed by atoms with Crippen LogP contribution in [0.1, 0.15) is 64.6 Å². The highest BCUT2D eigenvalue weighted by Gasteiger charge is 2.58. The Morgan fingerprint density at radius 2 is 1.84 bits per heavy atom. The summed E-state index contributed by atoms with van der Waals surface area (Å²) in [5, 5.41) is 37.1. The van der Waals surface area contributed by atoms with Gasteiger partial charge in [0, 0.05) is 47.0 Å². The summed E-state index contributed by atoms with van der Waals surface area (Å²) in [5.41, 5.74) is 3.86. The molecule has 0 saturated carbocycles. The average Bonchev–Trinajstić information content (AvgIpc) is 2.96. The number of aryl methyl sites for hydroxylation is 1. The maximum Gasteiger partial charge on any atom is 0.309 e. The molecular formula is C31H35N3O8S. The second-order valence-corrected chi connectivity index (χ2v) is 12.8. The molecule has 2 fully saturated rings. The Bertz CT molecular complexity index is 1570. The highest BCUT2D eigenvalue weighted by molar-refractivity contribution is 7.99. The van der Waals surface area contributed by atoms with Crippen LogP contribution in [-0.4, -0.2) is 71.8 Å². The number of cyclic esters (lactones) is 1. The molecule has 0 unspecified atom stereocenters. The lowest BCUT2D eigenvalue weighted by Crippen LogP contribution is -2.69. The number of nitrogens with zero attached hydrogens (tertiary/aromatic N) is 2. The van der Waals surface area contributed by atoms with Gasteiger partial charge in [0.2, 0.25) is 0 Å². The number of aromatic hydroxyl groups is 2. The van der Waals surface area contributed by atoms with E-state index < -0.39 is 41.3 Å². The molecule has 0 aliphatic carbocycles. The first-order valence-corrected chi connectivity index (χ1v) is 15.3. The Balaban J connectivity index is 1.69. The Kier molecular flexibility index (Phi) is 7.39. The van der Waals surface area contributed by atoms with Crippen molar-refractivity contribution in [2.24, 2.45) is 5.92 Å². The summed E-state index contributed by atoms with van der Waals surface area (Å²) in [4.78, 5) is 27.5. The summed E-state index contributed by atoms with van der Waals surface area (Å²) in [6, 6.07) is 1.78. The number of benzene rings is 2. The van der Waals surface area contributed by atoms with E-state index in [-0.39, 0.29) is 41.6 Å². The van der Waals surface area contributed by atoms with Gasteiger partial charge in [0.1, 0.15) is 18.4 Å². The number of ether oxygens (including phenoxy) is 4. The molecule has 4 aliphatic rings. The van der Waals surface area contributed by atoms with E-state index in [9.17, 15) is 25.1 Å². The number of hydrogen-bond donors (Lipinski definition) is 3. The van der Waals surface area contributed by atoms with Crippen LogP contribution >= 0.6 is 11.8 Å². The normalized spacial score (nSPS) is 29.3. The minimum atomic E-state index is -0.775. The van der Waals surface area contributed by atoms with Crippen LogP contribution in [0.3, 0.4) is 0 Å². The fourth-order valence-corrected chi connectivity index (χ4v) is 8.99. The van der Waals surface area contributed by atoms with Gasteiger partial charge < -0.3 is 34.5 Å². The first-order valence-electron chi connectivity index (χ1n) is 14.3. The van der Waals surface area contributed by atoms with Gasteiger partial charge in [0.15, 0.2) is 23.0 Å². The van der Waals surface area contributed by atoms with E-state index in [0.717, 1.165) is 11.1 Å². The number of rotatable bonds is 3. The predicted octanol–water partition coefficient (Wildman–Crippen LogP) is 3.51. The van der Waals surface area contributed by atoms with E-state index in [1.54, 1.807) is 13.8 Å². The molecule has 0 amide bonds. The topological polar surface area (TPSA) is 151 Å². The number of phenols is 2. The maximum atomic E-state index is 13.0. The molecule has 0 spiro atoms. The minimum Gasteiger partial charge on any atom is -0.504 e. The van der Waals surface area contributed by atoms with E-state index >= 15 is 0 Å². The zero-order chi connectivity index (χ0) is 30.9. The van der Waals surface area contributed by atoms with E-state index in [0.29, 0.717) is 40.2 Å². The molecule has 2 aromatic carbocycles. The van der Waals surface area contributed by atoms with Crippen LogP contribution in [0.15, 0.2) is 6.07 Å². The molecule has 2 aromatic rings. The highest BCUT2D eigenvalue weighted by Crippen LogP contribution is 2.62. The van der Waals surface area contributed by atoms with Gasteiger partial charge >= 0.3 is 11.9 Å². The molecule has 0 aromatic heterocycles. The van der Waals surface area contributed by atoms with Crippen molar-refractivity contribution in [1.29, 1.82) is 5.26 Å². The first-order chi connectivity index (χ1) is 20.5. The molecule has 7 atom stereocenters. The summed E-state index contributed by atoms with van der Waals surface area (Å²) in [6.07, 6.45) is 0.474. The number of carbonyl (C=O) groups is 2. The molecular weight excluding hydrogens is 574 g/mol. The number of methoxy groups -OCH3 is 2. The van der Waals surface area contributed by atoms with E-state index in [4.69, 9.17) is 18.9 Å². The summed E-state index contributed by atoms with van der Waals surface area (Å²) >= 11 is 1.47. The van der Waals surface area contributed by atoms with Crippen molar-refractivity contribution in [2.75, 3.05) is 26.6 Å². The molecule has 228 valence electrons. The molecule has 3 N–H and O–H groups in total. The third kappa shape index (κ3) is 4.31. The van der Waals surface area contributed by atoms with E-state index in [2.05, 4.69) is 11.4 Å². The van der Waals surface area contributed by atoms with Crippen molar-refractivity contribution in [3.8, 4) is 34.8 Å². The van der Waals surface area contributed by atoms with Crippen molar-refractivity contribution < 1.29 is 38.7 Å². The maximum absolute atomic E-state index is 13.0. The number of piperazine rings is 1.